The van der Waals surface area contributed by atoms with E-state index in [1.54, 1.807) is 13.0 Å². The molecule has 0 amide bonds. The first-order valence-electron chi connectivity index (χ1n) is 9.62. The Labute approximate surface area is 170 Å². The van der Waals surface area contributed by atoms with Crippen LogP contribution in [0.5, 0.6) is 5.75 Å². The lowest BCUT2D eigenvalue weighted by Gasteiger charge is -2.07. The van der Waals surface area contributed by atoms with Crippen LogP contribution >= 0.6 is 0 Å². The monoisotopic (exact) mass is 392 g/mol. The molecule has 0 aliphatic rings. The molecule has 0 spiro atoms. The average Bonchev–Trinajstić information content (AvgIpc) is 3.21. The molecule has 2 aromatic carbocycles. The molecule has 6 heteroatoms. The molecule has 0 N–H and O–H groups in total. The molecule has 29 heavy (non-hydrogen) atoms. The Bertz CT molecular complexity index is 933. The summed E-state index contributed by atoms with van der Waals surface area (Å²) in [5, 5.41) is 3.86. The molecule has 1 heterocycles. The van der Waals surface area contributed by atoms with E-state index < -0.39 is 12.1 Å². The van der Waals surface area contributed by atoms with E-state index in [1.807, 2.05) is 61.5 Å². The number of carbonyl (C=O) groups excluding carboxylic acids is 1. The van der Waals surface area contributed by atoms with Crippen LogP contribution in [0.2, 0.25) is 0 Å². The van der Waals surface area contributed by atoms with Crippen molar-refractivity contribution < 1.29 is 18.8 Å². The zero-order valence-electron chi connectivity index (χ0n) is 16.6. The van der Waals surface area contributed by atoms with Gasteiger partial charge in [-0.2, -0.15) is 4.98 Å². The number of hydrogen-bond donors (Lipinski definition) is 0. The van der Waals surface area contributed by atoms with E-state index in [0.717, 1.165) is 29.7 Å². The summed E-state index contributed by atoms with van der Waals surface area (Å²) in [6.07, 6.45) is 4.12. The Morgan fingerprint density at radius 2 is 1.90 bits per heavy atom. The molecule has 0 bridgehead atoms. The minimum absolute atomic E-state index is 0.301. The molecule has 6 nitrogen and oxygen atoms in total. The van der Waals surface area contributed by atoms with Gasteiger partial charge in [0, 0.05) is 12.5 Å². The summed E-state index contributed by atoms with van der Waals surface area (Å²) < 4.78 is 16.2. The van der Waals surface area contributed by atoms with Gasteiger partial charge in [-0.05, 0) is 42.7 Å². The van der Waals surface area contributed by atoms with Crippen LogP contribution in [0.4, 0.5) is 0 Å². The van der Waals surface area contributed by atoms with Crippen molar-refractivity contribution in [1.82, 2.24) is 10.1 Å². The fourth-order valence-corrected chi connectivity index (χ4v) is 2.60. The standard InChI is InChI=1S/C23H24N2O4/c1-3-7-21-24-23(29-25-21)17(2)28-22(26)15-12-18-10-13-20(14-11-18)27-16-19-8-5-4-6-9-19/h4-6,8-15,17H,3,7,16H2,1-2H3/b15-12+. The topological polar surface area (TPSA) is 74.5 Å². The van der Waals surface area contributed by atoms with E-state index in [4.69, 9.17) is 14.0 Å². The third-order valence-electron chi connectivity index (χ3n) is 4.14. The Balaban J connectivity index is 1.49. The third kappa shape index (κ3) is 6.31. The number of esters is 1. The maximum Gasteiger partial charge on any atom is 0.331 e. The van der Waals surface area contributed by atoms with Gasteiger partial charge in [-0.15, -0.1) is 0 Å². The summed E-state index contributed by atoms with van der Waals surface area (Å²) in [6, 6.07) is 17.5. The number of aryl methyl sites for hydroxylation is 1. The van der Waals surface area contributed by atoms with Crippen molar-refractivity contribution in [2.75, 3.05) is 0 Å². The first kappa shape index (κ1) is 20.3. The maximum atomic E-state index is 12.0. The lowest BCUT2D eigenvalue weighted by molar-refractivity contribution is -0.143. The predicted octanol–water partition coefficient (Wildman–Crippen LogP) is 4.92. The number of hydrogen-bond acceptors (Lipinski definition) is 6. The fourth-order valence-electron chi connectivity index (χ4n) is 2.60. The van der Waals surface area contributed by atoms with Crippen molar-refractivity contribution in [1.29, 1.82) is 0 Å². The van der Waals surface area contributed by atoms with Crippen LogP contribution in [0.25, 0.3) is 6.08 Å². The molecule has 0 aliphatic heterocycles. The van der Waals surface area contributed by atoms with Gasteiger partial charge in [0.15, 0.2) is 11.9 Å². The van der Waals surface area contributed by atoms with Crippen LogP contribution in [0.3, 0.4) is 0 Å². The van der Waals surface area contributed by atoms with Gasteiger partial charge in [-0.25, -0.2) is 4.79 Å². The van der Waals surface area contributed by atoms with Gasteiger partial charge in [0.05, 0.1) is 0 Å². The number of benzene rings is 2. The number of nitrogens with zero attached hydrogens (tertiary/aromatic N) is 2. The zero-order valence-corrected chi connectivity index (χ0v) is 16.6. The minimum Gasteiger partial charge on any atom is -0.489 e. The molecule has 3 aromatic rings. The van der Waals surface area contributed by atoms with Gasteiger partial charge in [-0.1, -0.05) is 54.5 Å². The van der Waals surface area contributed by atoms with E-state index >= 15 is 0 Å². The second-order valence-corrected chi connectivity index (χ2v) is 6.55. The van der Waals surface area contributed by atoms with Gasteiger partial charge in [0.1, 0.15) is 12.4 Å². The highest BCUT2D eigenvalue weighted by Gasteiger charge is 2.17. The van der Waals surface area contributed by atoms with Crippen LogP contribution < -0.4 is 4.74 Å². The summed E-state index contributed by atoms with van der Waals surface area (Å²) >= 11 is 0. The highest BCUT2D eigenvalue weighted by Crippen LogP contribution is 2.17. The molecule has 3 rings (SSSR count). The largest absolute Gasteiger partial charge is 0.489 e. The summed E-state index contributed by atoms with van der Waals surface area (Å²) in [4.78, 5) is 16.3. The summed E-state index contributed by atoms with van der Waals surface area (Å²) in [5.74, 6) is 1.21. The van der Waals surface area contributed by atoms with Gasteiger partial charge < -0.3 is 14.0 Å². The Kier molecular flexibility index (Phi) is 7.16. The fraction of sp³-hybridized carbons (Fsp3) is 0.261. The third-order valence-corrected chi connectivity index (χ3v) is 4.14. The summed E-state index contributed by atoms with van der Waals surface area (Å²) in [5.41, 5.74) is 1.97. The molecule has 0 saturated carbocycles. The van der Waals surface area contributed by atoms with E-state index in [9.17, 15) is 4.79 Å². The van der Waals surface area contributed by atoms with Crippen molar-refractivity contribution in [2.24, 2.45) is 0 Å². The van der Waals surface area contributed by atoms with Crippen molar-refractivity contribution in [3.8, 4) is 5.75 Å². The molecule has 0 saturated heterocycles. The molecule has 1 aromatic heterocycles. The van der Waals surface area contributed by atoms with Gasteiger partial charge in [0.25, 0.3) is 5.89 Å². The molecule has 150 valence electrons. The first-order chi connectivity index (χ1) is 14.1. The Morgan fingerprint density at radius 1 is 1.14 bits per heavy atom. The van der Waals surface area contributed by atoms with Gasteiger partial charge >= 0.3 is 5.97 Å². The van der Waals surface area contributed by atoms with Crippen molar-refractivity contribution >= 4 is 12.0 Å². The van der Waals surface area contributed by atoms with E-state index in [1.165, 1.54) is 6.08 Å². The SMILES string of the molecule is CCCc1noc(C(C)OC(=O)/C=C/c2ccc(OCc3ccccc3)cc2)n1. The molecule has 0 fully saturated rings. The average molecular weight is 392 g/mol. The molecular weight excluding hydrogens is 368 g/mol. The predicted molar refractivity (Wildman–Crippen MR) is 109 cm³/mol. The summed E-state index contributed by atoms with van der Waals surface area (Å²) in [7, 11) is 0. The van der Waals surface area contributed by atoms with Crippen LogP contribution in [-0.4, -0.2) is 16.1 Å². The molecular formula is C23H24N2O4. The molecule has 1 atom stereocenters. The number of aromatic nitrogens is 2. The summed E-state index contributed by atoms with van der Waals surface area (Å²) in [6.45, 7) is 4.25. The highest BCUT2D eigenvalue weighted by atomic mass is 16.6. The normalized spacial score (nSPS) is 12.1. The van der Waals surface area contributed by atoms with E-state index in [-0.39, 0.29) is 0 Å². The lowest BCUT2D eigenvalue weighted by Crippen LogP contribution is -2.06. The number of rotatable bonds is 9. The maximum absolute atomic E-state index is 12.0. The number of carbonyl (C=O) groups is 1. The second kappa shape index (κ2) is 10.2. The number of ether oxygens (including phenoxy) is 2. The van der Waals surface area contributed by atoms with Crippen LogP contribution in [0.1, 0.15) is 49.2 Å². The molecule has 0 aliphatic carbocycles. The quantitative estimate of drug-likeness (QED) is 0.380. The van der Waals surface area contributed by atoms with E-state index in [0.29, 0.717) is 18.3 Å². The molecule has 0 radical (unpaired) electrons. The van der Waals surface area contributed by atoms with Crippen LogP contribution in [0, 0.1) is 0 Å². The van der Waals surface area contributed by atoms with Gasteiger partial charge in [-0.3, -0.25) is 0 Å². The highest BCUT2D eigenvalue weighted by molar-refractivity contribution is 5.87. The zero-order chi connectivity index (χ0) is 20.5. The van der Waals surface area contributed by atoms with Crippen molar-refractivity contribution in [3.63, 3.8) is 0 Å². The first-order valence-corrected chi connectivity index (χ1v) is 9.62. The Hall–Kier alpha value is -3.41. The molecule has 1 unspecified atom stereocenters. The van der Waals surface area contributed by atoms with Crippen molar-refractivity contribution in [3.05, 3.63) is 83.5 Å². The van der Waals surface area contributed by atoms with Crippen molar-refractivity contribution in [2.45, 2.75) is 39.4 Å². The minimum atomic E-state index is -0.598. The second-order valence-electron chi connectivity index (χ2n) is 6.55. The Morgan fingerprint density at radius 3 is 2.62 bits per heavy atom. The van der Waals surface area contributed by atoms with Gasteiger partial charge in [0.2, 0.25) is 0 Å². The lowest BCUT2D eigenvalue weighted by atomic mass is 10.2. The van der Waals surface area contributed by atoms with Crippen LogP contribution in [0.15, 0.2) is 65.2 Å². The smallest absolute Gasteiger partial charge is 0.331 e. The van der Waals surface area contributed by atoms with E-state index in [2.05, 4.69) is 10.1 Å². The van der Waals surface area contributed by atoms with Crippen LogP contribution in [-0.2, 0) is 22.6 Å².